The predicted octanol–water partition coefficient (Wildman–Crippen LogP) is 4.19. The number of nitrogens with zero attached hydrogens (tertiary/aromatic N) is 6. The van der Waals surface area contributed by atoms with Gasteiger partial charge in [-0.25, -0.2) is 36.9 Å². The van der Waals surface area contributed by atoms with Crippen molar-refractivity contribution < 1.29 is 36.2 Å². The molecule has 0 spiro atoms. The Morgan fingerprint density at radius 1 is 0.974 bits per heavy atom. The summed E-state index contributed by atoms with van der Waals surface area (Å²) in [6.07, 6.45) is 3.18. The third-order valence-electron chi connectivity index (χ3n) is 5.36. The van der Waals surface area contributed by atoms with E-state index in [4.69, 9.17) is 4.74 Å². The van der Waals surface area contributed by atoms with Gasteiger partial charge >= 0.3 is 12.3 Å². The molecular formula is C24H20F6N6O2. The van der Waals surface area contributed by atoms with Crippen LogP contribution in [0.3, 0.4) is 0 Å². The van der Waals surface area contributed by atoms with Gasteiger partial charge in [0, 0.05) is 11.6 Å². The summed E-state index contributed by atoms with van der Waals surface area (Å²) in [5.74, 6) is -5.78. The Labute approximate surface area is 211 Å². The molecule has 38 heavy (non-hydrogen) atoms. The Kier molecular flexibility index (Phi) is 7.80. The van der Waals surface area contributed by atoms with Gasteiger partial charge in [-0.3, -0.25) is 0 Å². The molecule has 1 N–H and O–H groups in total. The summed E-state index contributed by atoms with van der Waals surface area (Å²) < 4.78 is 85.8. The number of benzene rings is 2. The maximum atomic E-state index is 14.6. The van der Waals surface area contributed by atoms with Crippen LogP contribution in [0.2, 0.25) is 0 Å². The van der Waals surface area contributed by atoms with Gasteiger partial charge < -0.3 is 9.84 Å². The molecule has 0 saturated heterocycles. The molecule has 2 aromatic carbocycles. The molecule has 4 aromatic rings. The van der Waals surface area contributed by atoms with E-state index in [0.29, 0.717) is 11.6 Å². The smallest absolute Gasteiger partial charge is 0.340 e. The van der Waals surface area contributed by atoms with Gasteiger partial charge in [-0.05, 0) is 29.8 Å². The van der Waals surface area contributed by atoms with Crippen molar-refractivity contribution in [3.8, 4) is 5.75 Å². The Morgan fingerprint density at radius 3 is 2.37 bits per heavy atom. The van der Waals surface area contributed by atoms with E-state index in [1.807, 2.05) is 0 Å². The fourth-order valence-corrected chi connectivity index (χ4v) is 3.49. The SMILES string of the molecule is O[C@@](Cn1cncn1)(Cn1cnc(/C=C/c2ccc(OCC(F)(F)C(F)F)cc2)n1)c1ccc(F)cc1F. The average Bonchev–Trinajstić information content (AvgIpc) is 3.53. The topological polar surface area (TPSA) is 90.9 Å². The summed E-state index contributed by atoms with van der Waals surface area (Å²) in [6.45, 7) is -1.92. The second kappa shape index (κ2) is 11.0. The van der Waals surface area contributed by atoms with Gasteiger partial charge in [0.25, 0.3) is 0 Å². The van der Waals surface area contributed by atoms with E-state index in [-0.39, 0.29) is 30.2 Å². The van der Waals surface area contributed by atoms with Crippen LogP contribution in [0.25, 0.3) is 12.2 Å². The zero-order valence-corrected chi connectivity index (χ0v) is 19.4. The standard InChI is InChI=1S/C24H20F6N6O2/c25-17-4-7-19(20(26)9-17)23(37,10-35-14-31-13-33-35)11-36-15-32-21(34-36)8-3-16-1-5-18(6-2-16)38-12-24(29,30)22(27)28/h1-9,13-15,22,37H,10-12H2/b8-3+/t23-/m0/s1. The van der Waals surface area contributed by atoms with Crippen molar-refractivity contribution in [2.45, 2.75) is 31.0 Å². The van der Waals surface area contributed by atoms with Crippen molar-refractivity contribution in [2.24, 2.45) is 0 Å². The van der Waals surface area contributed by atoms with Crippen molar-refractivity contribution in [3.63, 3.8) is 0 Å². The Morgan fingerprint density at radius 2 is 1.71 bits per heavy atom. The molecule has 14 heteroatoms. The van der Waals surface area contributed by atoms with E-state index in [1.165, 1.54) is 58.7 Å². The highest BCUT2D eigenvalue weighted by Gasteiger charge is 2.41. The lowest BCUT2D eigenvalue weighted by Crippen LogP contribution is -2.37. The minimum absolute atomic E-state index is 0.00966. The molecule has 200 valence electrons. The first-order valence-electron chi connectivity index (χ1n) is 11.0. The molecule has 8 nitrogen and oxygen atoms in total. The Bertz CT molecular complexity index is 1380. The maximum absolute atomic E-state index is 14.6. The monoisotopic (exact) mass is 538 g/mol. The van der Waals surface area contributed by atoms with Crippen molar-refractivity contribution >= 4 is 12.2 Å². The zero-order chi connectivity index (χ0) is 27.3. The van der Waals surface area contributed by atoms with E-state index in [0.717, 1.165) is 12.1 Å². The summed E-state index contributed by atoms with van der Waals surface area (Å²) in [4.78, 5) is 7.93. The van der Waals surface area contributed by atoms with Crippen LogP contribution < -0.4 is 4.74 Å². The first-order valence-corrected chi connectivity index (χ1v) is 11.0. The molecular weight excluding hydrogens is 518 g/mol. The quantitative estimate of drug-likeness (QED) is 0.288. The second-order valence-corrected chi connectivity index (χ2v) is 8.30. The molecule has 4 rings (SSSR count). The summed E-state index contributed by atoms with van der Waals surface area (Å²) in [6, 6.07) is 8.54. The molecule has 0 bridgehead atoms. The summed E-state index contributed by atoms with van der Waals surface area (Å²) in [5, 5.41) is 19.6. The van der Waals surface area contributed by atoms with Crippen molar-refractivity contribution in [2.75, 3.05) is 6.61 Å². The number of halogens is 6. The molecule has 0 unspecified atom stereocenters. The highest BCUT2D eigenvalue weighted by Crippen LogP contribution is 2.28. The van der Waals surface area contributed by atoms with Crippen LogP contribution in [0.5, 0.6) is 5.75 Å². The largest absolute Gasteiger partial charge is 0.487 e. The maximum Gasteiger partial charge on any atom is 0.340 e. The normalized spacial score (nSPS) is 13.8. The predicted molar refractivity (Wildman–Crippen MR) is 122 cm³/mol. The summed E-state index contributed by atoms with van der Waals surface area (Å²) in [5.41, 5.74) is -1.46. The van der Waals surface area contributed by atoms with Crippen molar-refractivity contribution in [3.05, 3.63) is 90.0 Å². The molecule has 1 atom stereocenters. The van der Waals surface area contributed by atoms with Gasteiger partial charge in [-0.2, -0.15) is 19.0 Å². The summed E-state index contributed by atoms with van der Waals surface area (Å²) >= 11 is 0. The molecule has 0 radical (unpaired) electrons. The van der Waals surface area contributed by atoms with E-state index < -0.39 is 36.2 Å². The lowest BCUT2D eigenvalue weighted by Gasteiger charge is -2.28. The van der Waals surface area contributed by atoms with E-state index >= 15 is 0 Å². The molecule has 0 aliphatic carbocycles. The molecule has 0 aliphatic heterocycles. The van der Waals surface area contributed by atoms with Crippen LogP contribution >= 0.6 is 0 Å². The molecule has 0 saturated carbocycles. The fraction of sp³-hybridized carbons (Fsp3) is 0.250. The zero-order valence-electron chi connectivity index (χ0n) is 19.4. The second-order valence-electron chi connectivity index (χ2n) is 8.30. The van der Waals surface area contributed by atoms with E-state index in [1.54, 1.807) is 6.08 Å². The highest BCUT2D eigenvalue weighted by molar-refractivity contribution is 5.66. The lowest BCUT2D eigenvalue weighted by molar-refractivity contribution is -0.148. The van der Waals surface area contributed by atoms with E-state index in [2.05, 4.69) is 20.2 Å². The number of hydrogen-bond acceptors (Lipinski definition) is 6. The van der Waals surface area contributed by atoms with Crippen LogP contribution in [-0.4, -0.2) is 53.6 Å². The molecule has 2 aromatic heterocycles. The number of alkyl halides is 4. The number of rotatable bonds is 11. The third-order valence-corrected chi connectivity index (χ3v) is 5.36. The number of hydrogen-bond donors (Lipinski definition) is 1. The van der Waals surface area contributed by atoms with Crippen LogP contribution in [0, 0.1) is 11.6 Å². The number of aliphatic hydroxyl groups is 1. The minimum atomic E-state index is -4.26. The highest BCUT2D eigenvalue weighted by atomic mass is 19.3. The van der Waals surface area contributed by atoms with E-state index in [9.17, 15) is 31.4 Å². The van der Waals surface area contributed by atoms with Crippen molar-refractivity contribution in [1.82, 2.24) is 29.5 Å². The fourth-order valence-electron chi connectivity index (χ4n) is 3.49. The van der Waals surface area contributed by atoms with Gasteiger partial charge in [0.15, 0.2) is 12.4 Å². The third kappa shape index (κ3) is 6.56. The van der Waals surface area contributed by atoms with Crippen LogP contribution in [0.1, 0.15) is 17.0 Å². The number of ether oxygens (including phenoxy) is 1. The molecule has 2 heterocycles. The molecule has 0 aliphatic rings. The van der Waals surface area contributed by atoms with Gasteiger partial charge in [-0.1, -0.05) is 24.3 Å². The minimum Gasteiger partial charge on any atom is -0.487 e. The lowest BCUT2D eigenvalue weighted by atomic mass is 9.93. The van der Waals surface area contributed by atoms with Gasteiger partial charge in [-0.15, -0.1) is 0 Å². The Hall–Kier alpha value is -4.20. The summed E-state index contributed by atoms with van der Waals surface area (Å²) in [7, 11) is 0. The first kappa shape index (κ1) is 26.9. The van der Waals surface area contributed by atoms with Crippen LogP contribution in [-0.2, 0) is 18.7 Å². The Balaban J connectivity index is 1.45. The average molecular weight is 538 g/mol. The first-order chi connectivity index (χ1) is 18.0. The number of aromatic nitrogens is 6. The van der Waals surface area contributed by atoms with Gasteiger partial charge in [0.1, 0.15) is 42.0 Å². The molecule has 0 fully saturated rings. The molecule has 0 amide bonds. The van der Waals surface area contributed by atoms with Gasteiger partial charge in [0.05, 0.1) is 13.1 Å². The van der Waals surface area contributed by atoms with Crippen LogP contribution in [0.15, 0.2) is 61.4 Å². The van der Waals surface area contributed by atoms with Crippen molar-refractivity contribution in [1.29, 1.82) is 0 Å². The van der Waals surface area contributed by atoms with Crippen LogP contribution in [0.4, 0.5) is 26.3 Å². The van der Waals surface area contributed by atoms with Gasteiger partial charge in [0.2, 0.25) is 0 Å².